The summed E-state index contributed by atoms with van der Waals surface area (Å²) in [5.41, 5.74) is 4.78. The van der Waals surface area contributed by atoms with E-state index in [-0.39, 0.29) is 11.8 Å². The molecule has 4 aromatic rings. The Labute approximate surface area is 205 Å². The second-order valence-electron chi connectivity index (χ2n) is 8.46. The van der Waals surface area contributed by atoms with E-state index in [1.54, 1.807) is 47.5 Å². The zero-order valence-electron chi connectivity index (χ0n) is 19.8. The fourth-order valence-corrected chi connectivity index (χ4v) is 3.84. The monoisotopic (exact) mass is 467 g/mol. The molecular weight excluding hydrogens is 438 g/mol. The highest BCUT2D eigenvalue weighted by atomic mass is 16.2. The van der Waals surface area contributed by atoms with Crippen molar-refractivity contribution in [2.45, 2.75) is 25.7 Å². The highest BCUT2D eigenvalue weighted by Gasteiger charge is 2.13. The van der Waals surface area contributed by atoms with E-state index in [9.17, 15) is 9.59 Å². The molecule has 2 amide bonds. The minimum Gasteiger partial charge on any atom is -0.342 e. The average Bonchev–Trinajstić information content (AvgIpc) is 3.38. The number of benzene rings is 2. The van der Waals surface area contributed by atoms with Crippen LogP contribution in [0, 0.1) is 0 Å². The molecule has 2 aromatic heterocycles. The van der Waals surface area contributed by atoms with Crippen molar-refractivity contribution in [3.63, 3.8) is 0 Å². The predicted molar refractivity (Wildman–Crippen MR) is 137 cm³/mol. The smallest absolute Gasteiger partial charge is 0.257 e. The molecule has 0 bridgehead atoms. The lowest BCUT2D eigenvalue weighted by Crippen LogP contribution is -2.27. The zero-order chi connectivity index (χ0) is 24.5. The number of carbonyl (C=O) groups is 2. The third-order valence-corrected chi connectivity index (χ3v) is 5.78. The number of rotatable bonds is 10. The standard InChI is InChI=1S/C28H29N5O2/c1-33(17-7-3-6-14-25-19-26(32-31-25)21-10-4-2-5-11-21)28(35)22-12-8-15-24(18-22)30-27(34)23-13-9-16-29-20-23/h2,4-5,8-13,15-16,18-20H,3,6-7,14,17H2,1H3,(H,30,34)(H,31,32). The predicted octanol–water partition coefficient (Wildman–Crippen LogP) is 5.21. The number of anilines is 1. The van der Waals surface area contributed by atoms with Gasteiger partial charge in [-0.15, -0.1) is 0 Å². The minimum atomic E-state index is -0.260. The summed E-state index contributed by atoms with van der Waals surface area (Å²) in [6, 6.07) is 22.6. The van der Waals surface area contributed by atoms with Crippen LogP contribution in [0.15, 0.2) is 85.2 Å². The summed E-state index contributed by atoms with van der Waals surface area (Å²) in [6.45, 7) is 0.670. The van der Waals surface area contributed by atoms with E-state index in [0.29, 0.717) is 23.4 Å². The number of pyridine rings is 1. The van der Waals surface area contributed by atoms with Crippen molar-refractivity contribution in [2.24, 2.45) is 0 Å². The van der Waals surface area contributed by atoms with Crippen LogP contribution in [0.2, 0.25) is 0 Å². The van der Waals surface area contributed by atoms with Gasteiger partial charge in [-0.2, -0.15) is 5.10 Å². The third kappa shape index (κ3) is 6.63. The first kappa shape index (κ1) is 23.9. The number of carbonyl (C=O) groups excluding carboxylic acids is 2. The van der Waals surface area contributed by atoms with Gasteiger partial charge < -0.3 is 10.2 Å². The van der Waals surface area contributed by atoms with Crippen LogP contribution in [0.25, 0.3) is 11.3 Å². The third-order valence-electron chi connectivity index (χ3n) is 5.78. The average molecular weight is 468 g/mol. The first-order valence-electron chi connectivity index (χ1n) is 11.8. The van der Waals surface area contributed by atoms with Crippen LogP contribution in [0.1, 0.15) is 45.7 Å². The SMILES string of the molecule is CN(CCCCCc1cc(-c2ccccc2)n[nH]1)C(=O)c1cccc(NC(=O)c2cccnc2)c1. The fraction of sp³-hybridized carbons (Fsp3) is 0.214. The van der Waals surface area contributed by atoms with Gasteiger partial charge in [-0.05, 0) is 55.7 Å². The van der Waals surface area contributed by atoms with Crippen molar-refractivity contribution < 1.29 is 9.59 Å². The molecule has 0 saturated heterocycles. The van der Waals surface area contributed by atoms with Crippen molar-refractivity contribution in [1.82, 2.24) is 20.1 Å². The Balaban J connectivity index is 1.21. The normalized spacial score (nSPS) is 10.7. The highest BCUT2D eigenvalue weighted by molar-refractivity contribution is 6.04. The lowest BCUT2D eigenvalue weighted by atomic mass is 10.1. The van der Waals surface area contributed by atoms with Crippen molar-refractivity contribution in [3.8, 4) is 11.3 Å². The summed E-state index contributed by atoms with van der Waals surface area (Å²) in [6.07, 6.45) is 7.00. The van der Waals surface area contributed by atoms with Crippen LogP contribution in [0.3, 0.4) is 0 Å². The van der Waals surface area contributed by atoms with Gasteiger partial charge in [0.1, 0.15) is 0 Å². The second kappa shape index (κ2) is 11.7. The van der Waals surface area contributed by atoms with E-state index < -0.39 is 0 Å². The number of nitrogens with zero attached hydrogens (tertiary/aromatic N) is 3. The van der Waals surface area contributed by atoms with E-state index in [4.69, 9.17) is 0 Å². The molecule has 0 aliphatic heterocycles. The number of nitrogens with one attached hydrogen (secondary N) is 2. The lowest BCUT2D eigenvalue weighted by molar-refractivity contribution is 0.0792. The maximum absolute atomic E-state index is 12.9. The van der Waals surface area contributed by atoms with E-state index in [0.717, 1.165) is 42.6 Å². The molecule has 7 heteroatoms. The molecular formula is C28H29N5O2. The summed E-state index contributed by atoms with van der Waals surface area (Å²) in [5, 5.41) is 10.4. The molecule has 0 saturated carbocycles. The topological polar surface area (TPSA) is 91.0 Å². The molecule has 0 unspecified atom stereocenters. The fourth-order valence-electron chi connectivity index (χ4n) is 3.84. The summed E-state index contributed by atoms with van der Waals surface area (Å²) < 4.78 is 0. The van der Waals surface area contributed by atoms with Crippen LogP contribution < -0.4 is 5.32 Å². The van der Waals surface area contributed by atoms with E-state index in [1.165, 1.54) is 6.20 Å². The Kier molecular flexibility index (Phi) is 8.01. The van der Waals surface area contributed by atoms with Crippen LogP contribution in [0.5, 0.6) is 0 Å². The number of aromatic amines is 1. The molecule has 4 rings (SSSR count). The summed E-state index contributed by atoms with van der Waals surface area (Å²) in [7, 11) is 1.81. The zero-order valence-corrected chi connectivity index (χ0v) is 19.8. The number of hydrogen-bond acceptors (Lipinski definition) is 4. The number of amides is 2. The van der Waals surface area contributed by atoms with Gasteiger partial charge in [0.05, 0.1) is 11.3 Å². The molecule has 2 heterocycles. The molecule has 2 aromatic carbocycles. The first-order chi connectivity index (χ1) is 17.1. The van der Waals surface area contributed by atoms with Crippen molar-refractivity contribution in [2.75, 3.05) is 18.9 Å². The highest BCUT2D eigenvalue weighted by Crippen LogP contribution is 2.18. The molecule has 0 atom stereocenters. The van der Waals surface area contributed by atoms with E-state index in [1.807, 2.05) is 25.2 Å². The molecule has 0 aliphatic rings. The van der Waals surface area contributed by atoms with Gasteiger partial charge in [-0.25, -0.2) is 0 Å². The first-order valence-corrected chi connectivity index (χ1v) is 11.8. The Bertz CT molecular complexity index is 1250. The lowest BCUT2D eigenvalue weighted by Gasteiger charge is -2.17. The molecule has 7 nitrogen and oxygen atoms in total. The molecule has 0 radical (unpaired) electrons. The van der Waals surface area contributed by atoms with Gasteiger partial charge in [0.15, 0.2) is 0 Å². The number of unbranched alkanes of at least 4 members (excludes halogenated alkanes) is 2. The quantitative estimate of drug-likeness (QED) is 0.313. The number of H-pyrrole nitrogens is 1. The van der Waals surface area contributed by atoms with Crippen LogP contribution in [0.4, 0.5) is 5.69 Å². The summed E-state index contributed by atoms with van der Waals surface area (Å²) in [4.78, 5) is 30.9. The summed E-state index contributed by atoms with van der Waals surface area (Å²) >= 11 is 0. The van der Waals surface area contributed by atoms with Crippen LogP contribution >= 0.6 is 0 Å². The van der Waals surface area contributed by atoms with Gasteiger partial charge in [-0.1, -0.05) is 42.8 Å². The maximum atomic E-state index is 12.9. The Morgan fingerprint density at radius 2 is 1.74 bits per heavy atom. The molecule has 0 fully saturated rings. The van der Waals surface area contributed by atoms with E-state index in [2.05, 4.69) is 38.7 Å². The number of hydrogen-bond donors (Lipinski definition) is 2. The Morgan fingerprint density at radius 3 is 2.54 bits per heavy atom. The Morgan fingerprint density at radius 1 is 0.914 bits per heavy atom. The van der Waals surface area contributed by atoms with Gasteiger partial charge >= 0.3 is 0 Å². The van der Waals surface area contributed by atoms with Gasteiger partial charge in [-0.3, -0.25) is 19.7 Å². The number of aryl methyl sites for hydroxylation is 1. The van der Waals surface area contributed by atoms with Crippen LogP contribution in [-0.2, 0) is 6.42 Å². The maximum Gasteiger partial charge on any atom is 0.257 e. The molecule has 0 aliphatic carbocycles. The van der Waals surface area contributed by atoms with Crippen molar-refractivity contribution in [1.29, 1.82) is 0 Å². The van der Waals surface area contributed by atoms with Crippen LogP contribution in [-0.4, -0.2) is 45.5 Å². The van der Waals surface area contributed by atoms with Crippen molar-refractivity contribution in [3.05, 3.63) is 102 Å². The van der Waals surface area contributed by atoms with Crippen molar-refractivity contribution >= 4 is 17.5 Å². The van der Waals surface area contributed by atoms with Gasteiger partial charge in [0.2, 0.25) is 0 Å². The summed E-state index contributed by atoms with van der Waals surface area (Å²) in [5.74, 6) is -0.326. The Hall–Kier alpha value is -4.26. The molecule has 178 valence electrons. The minimum absolute atomic E-state index is 0.0662. The largest absolute Gasteiger partial charge is 0.342 e. The molecule has 0 spiro atoms. The number of aromatic nitrogens is 3. The molecule has 35 heavy (non-hydrogen) atoms. The van der Waals surface area contributed by atoms with E-state index >= 15 is 0 Å². The van der Waals surface area contributed by atoms with Gasteiger partial charge in [0, 0.05) is 48.5 Å². The van der Waals surface area contributed by atoms with Gasteiger partial charge in [0.25, 0.3) is 11.8 Å². The second-order valence-corrected chi connectivity index (χ2v) is 8.46. The molecule has 2 N–H and O–H groups in total.